The number of sulfonamides is 1. The number of hydrogen-bond donors (Lipinski definition) is 1. The summed E-state index contributed by atoms with van der Waals surface area (Å²) >= 11 is 18.5. The van der Waals surface area contributed by atoms with E-state index in [-0.39, 0.29) is 23.8 Å². The predicted octanol–water partition coefficient (Wildman–Crippen LogP) is 6.87. The van der Waals surface area contributed by atoms with Crippen LogP contribution in [0.1, 0.15) is 45.2 Å². The number of carbonyl (C=O) groups excluding carboxylic acids is 2. The van der Waals surface area contributed by atoms with Crippen molar-refractivity contribution in [1.82, 2.24) is 10.2 Å². The van der Waals surface area contributed by atoms with Gasteiger partial charge in [0.25, 0.3) is 10.0 Å². The van der Waals surface area contributed by atoms with Gasteiger partial charge in [-0.15, -0.1) is 0 Å². The molecule has 0 bridgehead atoms. The number of aryl methyl sites for hydroxylation is 1. The Balaban J connectivity index is 2.10. The van der Waals surface area contributed by atoms with E-state index >= 15 is 0 Å². The molecule has 0 aromatic heterocycles. The van der Waals surface area contributed by atoms with Gasteiger partial charge in [0, 0.05) is 27.2 Å². The van der Waals surface area contributed by atoms with Crippen molar-refractivity contribution in [3.05, 3.63) is 92.9 Å². The Kier molecular flexibility index (Phi) is 10.7. The van der Waals surface area contributed by atoms with Crippen LogP contribution in [0, 0.1) is 6.92 Å². The molecule has 3 aromatic carbocycles. The first-order chi connectivity index (χ1) is 19.1. The minimum absolute atomic E-state index is 0.0268. The van der Waals surface area contributed by atoms with Crippen molar-refractivity contribution < 1.29 is 18.0 Å². The first-order valence-electron chi connectivity index (χ1n) is 13.0. The van der Waals surface area contributed by atoms with E-state index in [0.717, 1.165) is 9.87 Å². The molecule has 0 radical (unpaired) electrons. The van der Waals surface area contributed by atoms with Crippen LogP contribution in [0.25, 0.3) is 0 Å². The molecule has 0 unspecified atom stereocenters. The van der Waals surface area contributed by atoms with Gasteiger partial charge in [-0.1, -0.05) is 59.9 Å². The first-order valence-corrected chi connectivity index (χ1v) is 15.6. The summed E-state index contributed by atoms with van der Waals surface area (Å²) < 4.78 is 28.9. The molecule has 1 N–H and O–H groups in total. The smallest absolute Gasteiger partial charge is 0.264 e. The summed E-state index contributed by atoms with van der Waals surface area (Å²) in [5, 5.41) is 4.07. The van der Waals surface area contributed by atoms with Gasteiger partial charge in [-0.2, -0.15) is 0 Å². The summed E-state index contributed by atoms with van der Waals surface area (Å²) in [5.41, 5.74) is 1.13. The third kappa shape index (κ3) is 8.61. The minimum atomic E-state index is -4.20. The van der Waals surface area contributed by atoms with E-state index in [0.29, 0.717) is 26.3 Å². The fraction of sp³-hybridized carbons (Fsp3) is 0.333. The van der Waals surface area contributed by atoms with Gasteiger partial charge in [-0.3, -0.25) is 13.9 Å². The van der Waals surface area contributed by atoms with E-state index in [1.54, 1.807) is 43.3 Å². The second-order valence-electron chi connectivity index (χ2n) is 10.7. The van der Waals surface area contributed by atoms with E-state index < -0.39 is 34.1 Å². The second-order valence-corrected chi connectivity index (χ2v) is 13.9. The molecular weight excluding hydrogens is 605 g/mol. The normalized spacial score (nSPS) is 12.5. The molecule has 3 aromatic rings. The maximum Gasteiger partial charge on any atom is 0.264 e. The van der Waals surface area contributed by atoms with E-state index in [1.165, 1.54) is 29.2 Å². The third-order valence-electron chi connectivity index (χ3n) is 6.21. The Bertz CT molecular complexity index is 1510. The van der Waals surface area contributed by atoms with Gasteiger partial charge in [0.05, 0.1) is 10.6 Å². The summed E-state index contributed by atoms with van der Waals surface area (Å²) in [4.78, 5) is 28.9. The molecule has 41 heavy (non-hydrogen) atoms. The number of halogens is 3. The van der Waals surface area contributed by atoms with Crippen LogP contribution in [0.3, 0.4) is 0 Å². The molecule has 7 nitrogen and oxygen atoms in total. The Hall–Kier alpha value is -2.78. The van der Waals surface area contributed by atoms with E-state index in [4.69, 9.17) is 34.8 Å². The molecular formula is C30H34Cl3N3O4S. The van der Waals surface area contributed by atoms with Crippen molar-refractivity contribution in [2.45, 2.75) is 64.1 Å². The van der Waals surface area contributed by atoms with Gasteiger partial charge in [0.15, 0.2) is 0 Å². The molecule has 2 amide bonds. The second kappa shape index (κ2) is 13.5. The Morgan fingerprint density at radius 3 is 2.12 bits per heavy atom. The number of carbonyl (C=O) groups is 2. The first kappa shape index (κ1) is 32.7. The highest BCUT2D eigenvalue weighted by Crippen LogP contribution is 2.28. The number of benzene rings is 3. The quantitative estimate of drug-likeness (QED) is 0.263. The zero-order chi connectivity index (χ0) is 30.5. The van der Waals surface area contributed by atoms with Gasteiger partial charge in [-0.25, -0.2) is 8.42 Å². The molecule has 1 atom stereocenters. The van der Waals surface area contributed by atoms with Gasteiger partial charge in [0.1, 0.15) is 12.6 Å². The molecule has 0 saturated heterocycles. The van der Waals surface area contributed by atoms with Gasteiger partial charge in [0.2, 0.25) is 11.8 Å². The molecule has 3 rings (SSSR count). The van der Waals surface area contributed by atoms with Crippen LogP contribution < -0.4 is 9.62 Å². The molecule has 220 valence electrons. The standard InChI is InChI=1S/C30H34Cl3N3O4S/c1-6-27(29(38)34-30(3,4)5)35(18-21-10-11-23(32)17-26(21)33)28(37)19-36(24-9-7-8-20(2)16-24)41(39,40)25-14-12-22(31)13-15-25/h7-17,27H,6,18-19H2,1-5H3,(H,34,38)/t27-/m0/s1. The van der Waals surface area contributed by atoms with Crippen LogP contribution in [-0.4, -0.2) is 43.3 Å². The van der Waals surface area contributed by atoms with Crippen molar-refractivity contribution in [1.29, 1.82) is 0 Å². The van der Waals surface area contributed by atoms with Gasteiger partial charge in [-0.05, 0) is 93.8 Å². The average Bonchev–Trinajstić information content (AvgIpc) is 2.87. The van der Waals surface area contributed by atoms with E-state index in [9.17, 15) is 18.0 Å². The van der Waals surface area contributed by atoms with Crippen LogP contribution in [0.15, 0.2) is 71.6 Å². The van der Waals surface area contributed by atoms with Crippen molar-refractivity contribution in [2.24, 2.45) is 0 Å². The molecule has 0 heterocycles. The number of hydrogen-bond acceptors (Lipinski definition) is 4. The Morgan fingerprint density at radius 1 is 0.927 bits per heavy atom. The largest absolute Gasteiger partial charge is 0.350 e. The number of rotatable bonds is 10. The zero-order valence-electron chi connectivity index (χ0n) is 23.6. The van der Waals surface area contributed by atoms with Crippen molar-refractivity contribution in [3.63, 3.8) is 0 Å². The lowest BCUT2D eigenvalue weighted by Gasteiger charge is -2.35. The van der Waals surface area contributed by atoms with Crippen LogP contribution in [0.4, 0.5) is 5.69 Å². The average molecular weight is 639 g/mol. The molecule has 0 spiro atoms. The van der Waals surface area contributed by atoms with Crippen LogP contribution >= 0.6 is 34.8 Å². The van der Waals surface area contributed by atoms with Gasteiger partial charge < -0.3 is 10.2 Å². The Morgan fingerprint density at radius 2 is 1.56 bits per heavy atom. The topological polar surface area (TPSA) is 86.8 Å². The summed E-state index contributed by atoms with van der Waals surface area (Å²) in [6.07, 6.45) is 0.285. The molecule has 0 fully saturated rings. The monoisotopic (exact) mass is 637 g/mol. The SMILES string of the molecule is CC[C@@H](C(=O)NC(C)(C)C)N(Cc1ccc(Cl)cc1Cl)C(=O)CN(c1cccc(C)c1)S(=O)(=O)c1ccc(Cl)cc1. The highest BCUT2D eigenvalue weighted by molar-refractivity contribution is 7.92. The molecule has 0 aliphatic heterocycles. The molecule has 0 aliphatic rings. The fourth-order valence-corrected chi connectivity index (χ4v) is 6.25. The van der Waals surface area contributed by atoms with Crippen LogP contribution in [-0.2, 0) is 26.2 Å². The van der Waals surface area contributed by atoms with Crippen molar-refractivity contribution in [3.8, 4) is 0 Å². The van der Waals surface area contributed by atoms with Crippen LogP contribution in [0.2, 0.25) is 15.1 Å². The van der Waals surface area contributed by atoms with E-state index in [1.807, 2.05) is 33.8 Å². The molecule has 11 heteroatoms. The summed E-state index contributed by atoms with van der Waals surface area (Å²) in [6.45, 7) is 8.57. The number of amides is 2. The lowest BCUT2D eigenvalue weighted by molar-refractivity contribution is -0.141. The van der Waals surface area contributed by atoms with Crippen molar-refractivity contribution in [2.75, 3.05) is 10.8 Å². The number of nitrogens with one attached hydrogen (secondary N) is 1. The highest BCUT2D eigenvalue weighted by Gasteiger charge is 2.35. The molecule has 0 saturated carbocycles. The number of nitrogens with zero attached hydrogens (tertiary/aromatic N) is 2. The number of anilines is 1. The minimum Gasteiger partial charge on any atom is -0.350 e. The maximum absolute atomic E-state index is 14.1. The highest BCUT2D eigenvalue weighted by atomic mass is 35.5. The van der Waals surface area contributed by atoms with E-state index in [2.05, 4.69) is 5.32 Å². The summed E-state index contributed by atoms with van der Waals surface area (Å²) in [5.74, 6) is -0.938. The van der Waals surface area contributed by atoms with Crippen LogP contribution in [0.5, 0.6) is 0 Å². The molecule has 0 aliphatic carbocycles. The third-order valence-corrected chi connectivity index (χ3v) is 8.84. The zero-order valence-corrected chi connectivity index (χ0v) is 26.7. The lowest BCUT2D eigenvalue weighted by atomic mass is 10.1. The lowest BCUT2D eigenvalue weighted by Crippen LogP contribution is -2.55. The fourth-order valence-electron chi connectivity index (χ4n) is 4.25. The summed E-state index contributed by atoms with van der Waals surface area (Å²) in [6, 6.07) is 16.6. The maximum atomic E-state index is 14.1. The predicted molar refractivity (Wildman–Crippen MR) is 166 cm³/mol. The van der Waals surface area contributed by atoms with Gasteiger partial charge >= 0.3 is 0 Å². The van der Waals surface area contributed by atoms with Crippen molar-refractivity contribution >= 4 is 62.3 Å². The Labute approximate surface area is 257 Å². The summed E-state index contributed by atoms with van der Waals surface area (Å²) in [7, 11) is -4.20.